The number of hydrogen-bond acceptors (Lipinski definition) is 5. The quantitative estimate of drug-likeness (QED) is 0.589. The number of nitrogens with one attached hydrogen (secondary N) is 2. The molecule has 3 aromatic rings. The van der Waals surface area contributed by atoms with Gasteiger partial charge < -0.3 is 10.6 Å². The van der Waals surface area contributed by atoms with Gasteiger partial charge in [0.15, 0.2) is 5.78 Å². The third-order valence-electron chi connectivity index (χ3n) is 3.89. The Hall–Kier alpha value is -2.92. The van der Waals surface area contributed by atoms with Crippen LogP contribution in [0.2, 0.25) is 5.02 Å². The maximum absolute atomic E-state index is 11.3. The minimum absolute atomic E-state index is 0.0318. The lowest BCUT2D eigenvalue weighted by molar-refractivity contribution is 0.101. The standard InChI is InChI=1S/C20H19ClN4O/c1-12-10-13(2)19(17(21)11-12)24-18-8-9-22-20(25-18)23-16-6-4-15(5-7-16)14(3)26/h4-11H,1-3H3,(H2,22,23,24,25). The zero-order chi connectivity index (χ0) is 18.7. The summed E-state index contributed by atoms with van der Waals surface area (Å²) in [5.74, 6) is 1.12. The monoisotopic (exact) mass is 366 g/mol. The molecule has 0 bridgehead atoms. The summed E-state index contributed by atoms with van der Waals surface area (Å²) in [4.78, 5) is 20.0. The van der Waals surface area contributed by atoms with E-state index in [-0.39, 0.29) is 5.78 Å². The van der Waals surface area contributed by atoms with Crippen LogP contribution in [0.15, 0.2) is 48.7 Å². The van der Waals surface area contributed by atoms with Crippen LogP contribution in [-0.4, -0.2) is 15.8 Å². The van der Waals surface area contributed by atoms with Crippen LogP contribution in [0.5, 0.6) is 0 Å². The fourth-order valence-electron chi connectivity index (χ4n) is 2.61. The van der Waals surface area contributed by atoms with Gasteiger partial charge in [0, 0.05) is 17.4 Å². The summed E-state index contributed by atoms with van der Waals surface area (Å²) in [7, 11) is 0. The SMILES string of the molecule is CC(=O)c1ccc(Nc2nccc(Nc3c(C)cc(C)cc3Cl)n2)cc1. The molecule has 0 saturated carbocycles. The molecule has 0 aliphatic rings. The third-order valence-corrected chi connectivity index (χ3v) is 4.19. The number of ketones is 1. The van der Waals surface area contributed by atoms with Crippen molar-refractivity contribution in [3.8, 4) is 0 Å². The van der Waals surface area contributed by atoms with E-state index < -0.39 is 0 Å². The van der Waals surface area contributed by atoms with E-state index in [0.29, 0.717) is 22.4 Å². The maximum atomic E-state index is 11.3. The number of nitrogens with zero attached hydrogens (tertiary/aromatic N) is 2. The first-order chi connectivity index (χ1) is 12.4. The van der Waals surface area contributed by atoms with E-state index in [9.17, 15) is 4.79 Å². The average Bonchev–Trinajstić information content (AvgIpc) is 2.59. The molecule has 1 heterocycles. The molecule has 0 spiro atoms. The molecule has 0 radical (unpaired) electrons. The normalized spacial score (nSPS) is 10.5. The first-order valence-corrected chi connectivity index (χ1v) is 8.55. The van der Waals surface area contributed by atoms with Gasteiger partial charge in [0.1, 0.15) is 5.82 Å². The molecule has 0 saturated heterocycles. The second kappa shape index (κ2) is 7.54. The van der Waals surface area contributed by atoms with E-state index in [1.807, 2.05) is 32.0 Å². The molecule has 2 aromatic carbocycles. The molecule has 2 N–H and O–H groups in total. The van der Waals surface area contributed by atoms with Crippen LogP contribution in [0.25, 0.3) is 0 Å². The molecule has 0 aliphatic carbocycles. The number of aryl methyl sites for hydroxylation is 2. The van der Waals surface area contributed by atoms with E-state index in [1.165, 1.54) is 0 Å². The predicted molar refractivity (Wildman–Crippen MR) is 106 cm³/mol. The number of rotatable bonds is 5. The van der Waals surface area contributed by atoms with Gasteiger partial charge in [0.2, 0.25) is 5.95 Å². The number of carbonyl (C=O) groups is 1. The molecule has 0 amide bonds. The molecular formula is C20H19ClN4O. The molecular weight excluding hydrogens is 348 g/mol. The number of halogens is 1. The zero-order valence-corrected chi connectivity index (χ0v) is 15.6. The fraction of sp³-hybridized carbons (Fsp3) is 0.150. The largest absolute Gasteiger partial charge is 0.339 e. The van der Waals surface area contributed by atoms with E-state index in [0.717, 1.165) is 22.5 Å². The van der Waals surface area contributed by atoms with Crippen molar-refractivity contribution in [1.29, 1.82) is 0 Å². The fourth-order valence-corrected chi connectivity index (χ4v) is 2.98. The number of anilines is 4. The number of carbonyl (C=O) groups excluding carboxylic acids is 1. The number of hydrogen-bond donors (Lipinski definition) is 2. The van der Waals surface area contributed by atoms with Crippen LogP contribution >= 0.6 is 11.6 Å². The minimum atomic E-state index is 0.0318. The van der Waals surface area contributed by atoms with Crippen LogP contribution in [0.4, 0.5) is 23.1 Å². The summed E-state index contributed by atoms with van der Waals surface area (Å²) in [5.41, 5.74) is 4.45. The Kier molecular flexibility index (Phi) is 5.19. The molecule has 132 valence electrons. The van der Waals surface area contributed by atoms with Gasteiger partial charge in [-0.05, 0) is 68.3 Å². The second-order valence-electron chi connectivity index (χ2n) is 6.09. The molecule has 6 heteroatoms. The summed E-state index contributed by atoms with van der Waals surface area (Å²) < 4.78 is 0. The van der Waals surface area contributed by atoms with Gasteiger partial charge >= 0.3 is 0 Å². The van der Waals surface area contributed by atoms with Crippen LogP contribution in [0, 0.1) is 13.8 Å². The van der Waals surface area contributed by atoms with Crippen molar-refractivity contribution in [2.75, 3.05) is 10.6 Å². The Labute approximate surface area is 157 Å². The smallest absolute Gasteiger partial charge is 0.229 e. The highest BCUT2D eigenvalue weighted by Crippen LogP contribution is 2.30. The minimum Gasteiger partial charge on any atom is -0.339 e. The van der Waals surface area contributed by atoms with Crippen molar-refractivity contribution >= 4 is 40.5 Å². The maximum Gasteiger partial charge on any atom is 0.229 e. The molecule has 5 nitrogen and oxygen atoms in total. The van der Waals surface area contributed by atoms with E-state index in [1.54, 1.807) is 31.3 Å². The lowest BCUT2D eigenvalue weighted by Crippen LogP contribution is -2.02. The Bertz CT molecular complexity index is 931. The predicted octanol–water partition coefficient (Wildman–Crippen LogP) is 5.44. The van der Waals surface area contributed by atoms with Crippen LogP contribution in [0.3, 0.4) is 0 Å². The van der Waals surface area contributed by atoms with Crippen molar-refractivity contribution in [3.05, 3.63) is 70.4 Å². The van der Waals surface area contributed by atoms with Gasteiger partial charge in [-0.1, -0.05) is 17.7 Å². The van der Waals surface area contributed by atoms with Crippen molar-refractivity contribution in [2.45, 2.75) is 20.8 Å². The molecule has 3 rings (SSSR count). The van der Waals surface area contributed by atoms with E-state index in [4.69, 9.17) is 11.6 Å². The Morgan fingerprint density at radius 2 is 1.77 bits per heavy atom. The summed E-state index contributed by atoms with van der Waals surface area (Å²) in [5, 5.41) is 7.03. The molecule has 0 fully saturated rings. The first kappa shape index (κ1) is 17.9. The summed E-state index contributed by atoms with van der Waals surface area (Å²) in [6.45, 7) is 5.55. The van der Waals surface area contributed by atoms with Gasteiger partial charge in [0.05, 0.1) is 10.7 Å². The Morgan fingerprint density at radius 3 is 2.42 bits per heavy atom. The average molecular weight is 367 g/mol. The van der Waals surface area contributed by atoms with Crippen LogP contribution < -0.4 is 10.6 Å². The highest BCUT2D eigenvalue weighted by atomic mass is 35.5. The summed E-state index contributed by atoms with van der Waals surface area (Å²) >= 11 is 6.35. The van der Waals surface area contributed by atoms with Crippen molar-refractivity contribution in [3.63, 3.8) is 0 Å². The van der Waals surface area contributed by atoms with Gasteiger partial charge in [-0.15, -0.1) is 0 Å². The number of aromatic nitrogens is 2. The molecule has 26 heavy (non-hydrogen) atoms. The Morgan fingerprint density at radius 1 is 1.04 bits per heavy atom. The highest BCUT2D eigenvalue weighted by molar-refractivity contribution is 6.33. The van der Waals surface area contributed by atoms with Gasteiger partial charge in [0.25, 0.3) is 0 Å². The van der Waals surface area contributed by atoms with Crippen LogP contribution in [-0.2, 0) is 0 Å². The lowest BCUT2D eigenvalue weighted by atomic mass is 10.1. The summed E-state index contributed by atoms with van der Waals surface area (Å²) in [6.07, 6.45) is 1.67. The van der Waals surface area contributed by atoms with E-state index >= 15 is 0 Å². The van der Waals surface area contributed by atoms with Crippen molar-refractivity contribution in [2.24, 2.45) is 0 Å². The van der Waals surface area contributed by atoms with Gasteiger partial charge in [-0.2, -0.15) is 4.98 Å². The molecule has 0 aliphatic heterocycles. The second-order valence-corrected chi connectivity index (χ2v) is 6.49. The lowest BCUT2D eigenvalue weighted by Gasteiger charge is -2.13. The number of Topliss-reactive ketones (excluding diaryl/α,β-unsaturated/α-hetero) is 1. The van der Waals surface area contributed by atoms with Crippen molar-refractivity contribution < 1.29 is 4.79 Å². The topological polar surface area (TPSA) is 66.9 Å². The molecule has 0 atom stereocenters. The van der Waals surface area contributed by atoms with Gasteiger partial charge in [-0.25, -0.2) is 4.98 Å². The molecule has 0 unspecified atom stereocenters. The van der Waals surface area contributed by atoms with Gasteiger partial charge in [-0.3, -0.25) is 4.79 Å². The third kappa shape index (κ3) is 4.18. The van der Waals surface area contributed by atoms with E-state index in [2.05, 4.69) is 26.7 Å². The van der Waals surface area contributed by atoms with Crippen molar-refractivity contribution in [1.82, 2.24) is 9.97 Å². The Balaban J connectivity index is 1.79. The first-order valence-electron chi connectivity index (χ1n) is 8.17. The number of benzene rings is 2. The van der Waals surface area contributed by atoms with Crippen LogP contribution in [0.1, 0.15) is 28.4 Å². The zero-order valence-electron chi connectivity index (χ0n) is 14.8. The highest BCUT2D eigenvalue weighted by Gasteiger charge is 2.08. The summed E-state index contributed by atoms with van der Waals surface area (Å²) in [6, 6.07) is 12.9. The molecule has 1 aromatic heterocycles.